The van der Waals surface area contributed by atoms with Gasteiger partial charge in [-0.3, -0.25) is 14.4 Å². The number of hydrogen-bond donors (Lipinski definition) is 3. The molecule has 0 bridgehead atoms. The Hall–Kier alpha value is -3.61. The molecular weight excluding hydrogens is 416 g/mol. The molecular formula is C26H28N4O3. The van der Waals surface area contributed by atoms with Crippen molar-refractivity contribution < 1.29 is 14.4 Å². The smallest absolute Gasteiger partial charge is 0.268 e. The summed E-state index contributed by atoms with van der Waals surface area (Å²) in [5.41, 5.74) is 8.68. The number of carbonyl (C=O) groups is 3. The molecule has 2 amide bonds. The van der Waals surface area contributed by atoms with E-state index in [2.05, 4.69) is 17.2 Å². The van der Waals surface area contributed by atoms with Gasteiger partial charge in [-0.25, -0.2) is 0 Å². The number of nitrogens with zero attached hydrogens (tertiary/aromatic N) is 1. The van der Waals surface area contributed by atoms with Crippen LogP contribution in [-0.2, 0) is 15.0 Å². The number of para-hydroxylation sites is 2. The van der Waals surface area contributed by atoms with Gasteiger partial charge >= 0.3 is 0 Å². The standard InChI is InChI=1S/C26H28N4O3/c1-15-11-21(29-24(32)20-12-16-7-3-6-10-19(16)28-20)25(33)30-14-26(2,13-22(30)23(15)31)17-8-4-5-9-18(17)27/h3-10,12,15,21-22,28H,11,13-14,27H2,1-2H3,(H,29,32)/t15?,21-,22-,26+/m0/s1. The van der Waals surface area contributed by atoms with E-state index in [9.17, 15) is 14.4 Å². The number of nitrogen functional groups attached to an aromatic ring is 1. The summed E-state index contributed by atoms with van der Waals surface area (Å²) in [5.74, 6) is -0.853. The summed E-state index contributed by atoms with van der Waals surface area (Å²) in [4.78, 5) is 44.6. The molecule has 0 spiro atoms. The SMILES string of the molecule is CC1C[C@H](NC(=O)c2cc3ccccc3[nH]2)C(=O)N2C[C@](C)(c3ccccc3N)C[C@H]2C1=O. The summed E-state index contributed by atoms with van der Waals surface area (Å²) < 4.78 is 0. The van der Waals surface area contributed by atoms with Gasteiger partial charge in [0.25, 0.3) is 5.91 Å². The van der Waals surface area contributed by atoms with Gasteiger partial charge < -0.3 is 20.9 Å². The Morgan fingerprint density at radius 2 is 1.88 bits per heavy atom. The van der Waals surface area contributed by atoms with Gasteiger partial charge in [0.1, 0.15) is 11.7 Å². The molecule has 3 aromatic rings. The van der Waals surface area contributed by atoms with Crippen LogP contribution in [0.25, 0.3) is 10.9 Å². The lowest BCUT2D eigenvalue weighted by atomic mass is 9.78. The van der Waals surface area contributed by atoms with Crippen molar-refractivity contribution in [3.8, 4) is 0 Å². The van der Waals surface area contributed by atoms with Gasteiger partial charge in [-0.05, 0) is 36.6 Å². The summed E-state index contributed by atoms with van der Waals surface area (Å²) in [5, 5.41) is 3.81. The highest BCUT2D eigenvalue weighted by molar-refractivity contribution is 6.02. The van der Waals surface area contributed by atoms with Crippen molar-refractivity contribution in [2.75, 3.05) is 12.3 Å². The third-order valence-electron chi connectivity index (χ3n) is 7.21. The van der Waals surface area contributed by atoms with Crippen LogP contribution in [0.4, 0.5) is 5.69 Å². The molecule has 4 N–H and O–H groups in total. The van der Waals surface area contributed by atoms with E-state index in [1.54, 1.807) is 11.0 Å². The zero-order valence-corrected chi connectivity index (χ0v) is 18.8. The molecule has 2 fully saturated rings. The van der Waals surface area contributed by atoms with E-state index in [1.165, 1.54) is 0 Å². The Balaban J connectivity index is 1.42. The molecule has 0 aliphatic carbocycles. The number of fused-ring (bicyclic) bond motifs is 2. The number of aromatic nitrogens is 1. The van der Waals surface area contributed by atoms with Gasteiger partial charge in [-0.1, -0.05) is 50.2 Å². The van der Waals surface area contributed by atoms with Gasteiger partial charge in [-0.2, -0.15) is 0 Å². The minimum absolute atomic E-state index is 0.0453. The molecule has 33 heavy (non-hydrogen) atoms. The first kappa shape index (κ1) is 21.2. The third-order valence-corrected chi connectivity index (χ3v) is 7.21. The van der Waals surface area contributed by atoms with Crippen molar-refractivity contribution in [1.82, 2.24) is 15.2 Å². The van der Waals surface area contributed by atoms with Crippen LogP contribution < -0.4 is 11.1 Å². The maximum Gasteiger partial charge on any atom is 0.268 e. The molecule has 7 nitrogen and oxygen atoms in total. The zero-order valence-electron chi connectivity index (χ0n) is 18.8. The van der Waals surface area contributed by atoms with E-state index in [0.717, 1.165) is 16.5 Å². The molecule has 2 saturated heterocycles. The lowest BCUT2D eigenvalue weighted by Gasteiger charge is -2.28. The summed E-state index contributed by atoms with van der Waals surface area (Å²) in [6.45, 7) is 4.28. The predicted octanol–water partition coefficient (Wildman–Crippen LogP) is 3.02. The Bertz CT molecular complexity index is 1230. The van der Waals surface area contributed by atoms with Crippen molar-refractivity contribution in [3.63, 3.8) is 0 Å². The number of benzene rings is 2. The molecule has 2 aliphatic rings. The molecule has 3 heterocycles. The molecule has 1 aromatic heterocycles. The maximum atomic E-state index is 13.6. The Labute approximate surface area is 192 Å². The summed E-state index contributed by atoms with van der Waals surface area (Å²) in [6.07, 6.45) is 0.819. The van der Waals surface area contributed by atoms with Crippen LogP contribution in [0.5, 0.6) is 0 Å². The number of rotatable bonds is 3. The number of Topliss-reactive ketones (excluding diaryl/α,β-unsaturated/α-hetero) is 1. The van der Waals surface area contributed by atoms with Gasteiger partial charge in [-0.15, -0.1) is 0 Å². The van der Waals surface area contributed by atoms with Crippen LogP contribution in [-0.4, -0.2) is 46.1 Å². The minimum atomic E-state index is -0.761. The number of nitrogens with one attached hydrogen (secondary N) is 2. The topological polar surface area (TPSA) is 108 Å². The van der Waals surface area contributed by atoms with E-state index in [1.807, 2.05) is 55.5 Å². The fourth-order valence-electron chi connectivity index (χ4n) is 5.47. The number of nitrogens with two attached hydrogens (primary N) is 1. The van der Waals surface area contributed by atoms with Crippen molar-refractivity contribution in [2.45, 2.75) is 44.2 Å². The number of ketones is 1. The van der Waals surface area contributed by atoms with E-state index in [4.69, 9.17) is 5.73 Å². The van der Waals surface area contributed by atoms with Gasteiger partial charge in [0, 0.05) is 34.5 Å². The first-order valence-electron chi connectivity index (χ1n) is 11.3. The van der Waals surface area contributed by atoms with Crippen molar-refractivity contribution in [3.05, 3.63) is 65.9 Å². The molecule has 0 radical (unpaired) electrons. The lowest BCUT2D eigenvalue weighted by Crippen LogP contribution is -2.49. The highest BCUT2D eigenvalue weighted by Gasteiger charge is 2.51. The van der Waals surface area contributed by atoms with Gasteiger partial charge in [0.05, 0.1) is 6.04 Å². The predicted molar refractivity (Wildman–Crippen MR) is 127 cm³/mol. The fourth-order valence-corrected chi connectivity index (χ4v) is 5.47. The molecule has 2 aromatic carbocycles. The Morgan fingerprint density at radius 3 is 2.64 bits per heavy atom. The zero-order chi connectivity index (χ0) is 23.3. The largest absolute Gasteiger partial charge is 0.398 e. The first-order valence-corrected chi connectivity index (χ1v) is 11.3. The second-order valence-electron chi connectivity index (χ2n) is 9.67. The molecule has 1 unspecified atom stereocenters. The number of aromatic amines is 1. The summed E-state index contributed by atoms with van der Waals surface area (Å²) in [6, 6.07) is 15.7. The van der Waals surface area contributed by atoms with Crippen LogP contribution in [0.3, 0.4) is 0 Å². The number of hydrogen-bond acceptors (Lipinski definition) is 4. The Morgan fingerprint density at radius 1 is 1.15 bits per heavy atom. The van der Waals surface area contributed by atoms with Gasteiger partial charge in [0.2, 0.25) is 5.91 Å². The number of carbonyl (C=O) groups excluding carboxylic acids is 3. The average molecular weight is 445 g/mol. The third kappa shape index (κ3) is 3.57. The fraction of sp³-hybridized carbons (Fsp3) is 0.346. The highest BCUT2D eigenvalue weighted by Crippen LogP contribution is 2.42. The van der Waals surface area contributed by atoms with Crippen molar-refractivity contribution in [2.24, 2.45) is 5.92 Å². The van der Waals surface area contributed by atoms with Crippen molar-refractivity contribution in [1.29, 1.82) is 0 Å². The van der Waals surface area contributed by atoms with Crippen LogP contribution >= 0.6 is 0 Å². The second-order valence-corrected chi connectivity index (χ2v) is 9.67. The maximum absolute atomic E-state index is 13.6. The quantitative estimate of drug-likeness (QED) is 0.540. The van der Waals surface area contributed by atoms with Crippen LogP contribution in [0.2, 0.25) is 0 Å². The number of amides is 2. The molecule has 170 valence electrons. The summed E-state index contributed by atoms with van der Waals surface area (Å²) in [7, 11) is 0. The molecule has 5 rings (SSSR count). The number of anilines is 1. The summed E-state index contributed by atoms with van der Waals surface area (Å²) >= 11 is 0. The number of H-pyrrole nitrogens is 1. The minimum Gasteiger partial charge on any atom is -0.398 e. The van der Waals surface area contributed by atoms with E-state index in [-0.39, 0.29) is 23.5 Å². The lowest BCUT2D eigenvalue weighted by molar-refractivity contribution is -0.137. The van der Waals surface area contributed by atoms with Crippen molar-refractivity contribution >= 4 is 34.2 Å². The monoisotopic (exact) mass is 444 g/mol. The first-order chi connectivity index (χ1) is 15.8. The normalized spacial score (nSPS) is 27.5. The molecule has 7 heteroatoms. The average Bonchev–Trinajstić information content (AvgIpc) is 3.38. The van der Waals surface area contributed by atoms with E-state index < -0.39 is 17.5 Å². The van der Waals surface area contributed by atoms with Crippen LogP contribution in [0.15, 0.2) is 54.6 Å². The van der Waals surface area contributed by atoms with E-state index >= 15 is 0 Å². The Kier molecular flexibility index (Phi) is 5.00. The molecule has 4 atom stereocenters. The molecule has 2 aliphatic heterocycles. The second kappa shape index (κ2) is 7.76. The van der Waals surface area contributed by atoms with Gasteiger partial charge in [0.15, 0.2) is 5.78 Å². The molecule has 0 saturated carbocycles. The van der Waals surface area contributed by atoms with Crippen LogP contribution in [0, 0.1) is 5.92 Å². The highest BCUT2D eigenvalue weighted by atomic mass is 16.2. The van der Waals surface area contributed by atoms with E-state index in [0.29, 0.717) is 30.8 Å². The van der Waals surface area contributed by atoms with Crippen LogP contribution in [0.1, 0.15) is 42.7 Å².